The summed E-state index contributed by atoms with van der Waals surface area (Å²) < 4.78 is 11.3. The van der Waals surface area contributed by atoms with E-state index in [0.717, 1.165) is 77.0 Å². The van der Waals surface area contributed by atoms with E-state index in [1.165, 1.54) is 173 Å². The van der Waals surface area contributed by atoms with E-state index in [1.807, 2.05) is 6.08 Å². The van der Waals surface area contributed by atoms with Crippen molar-refractivity contribution in [2.24, 2.45) is 0 Å². The molecule has 9 heteroatoms. The number of hydrogen-bond acceptors (Lipinski definition) is 8. The van der Waals surface area contributed by atoms with E-state index in [0.29, 0.717) is 6.42 Å². The quantitative estimate of drug-likeness (QED) is 0.0261. The fraction of sp³-hybridized carbons (Fsp3) is 0.750. The molecule has 0 spiro atoms. The van der Waals surface area contributed by atoms with Crippen molar-refractivity contribution in [3.63, 3.8) is 0 Å². The zero-order valence-electron chi connectivity index (χ0n) is 49.4. The third-order valence-electron chi connectivity index (χ3n) is 14.6. The van der Waals surface area contributed by atoms with Gasteiger partial charge in [0.15, 0.2) is 6.29 Å². The normalized spacial score (nSPS) is 19.4. The predicted octanol–water partition coefficient (Wildman–Crippen LogP) is 16.7. The molecule has 0 aromatic rings. The number of carbonyl (C=O) groups excluding carboxylic acids is 1. The monoisotopic (exact) mass is 1080 g/mol. The second-order valence-electron chi connectivity index (χ2n) is 21.8. The first-order valence-electron chi connectivity index (χ1n) is 32.0. The van der Waals surface area contributed by atoms with Crippen molar-refractivity contribution < 1.29 is 39.8 Å². The molecule has 0 radical (unpaired) electrons. The van der Waals surface area contributed by atoms with Gasteiger partial charge in [0.25, 0.3) is 0 Å². The minimum Gasteiger partial charge on any atom is -0.394 e. The van der Waals surface area contributed by atoms with E-state index in [-0.39, 0.29) is 12.5 Å². The summed E-state index contributed by atoms with van der Waals surface area (Å²) in [5.74, 6) is -0.187. The first-order valence-corrected chi connectivity index (χ1v) is 32.0. The highest BCUT2D eigenvalue weighted by Gasteiger charge is 2.44. The molecule has 6 N–H and O–H groups in total. The fourth-order valence-corrected chi connectivity index (χ4v) is 9.65. The standard InChI is InChI=1S/C68H119NO8/c1-3-5-7-9-11-13-15-17-19-21-23-24-25-26-27-28-29-30-31-32-33-34-35-36-37-38-40-42-44-46-48-50-52-54-56-58-64(72)69-61(60-76-68-67(75)66(74)65(73)63(59-70)77-68)62(71)57-55-53-51-49-47-45-43-41-39-22-20-18-16-14-12-10-8-6-4-2/h5,7,11,13,17,19,23-24,26-27,29-30,47,49,55,57,61-63,65-68,70-71,73-75H,3-4,6,8-10,12,14-16,18,20-22,25,28,31-46,48,50-54,56,58-60H2,1-2H3,(H,69,72)/b7-5-,13-11-,19-17-,24-23-,27-26-,30-29-,49-47+,57-55+. The number of amides is 1. The van der Waals surface area contributed by atoms with Crippen molar-refractivity contribution in [2.45, 2.75) is 314 Å². The van der Waals surface area contributed by atoms with Gasteiger partial charge in [-0.3, -0.25) is 4.79 Å². The van der Waals surface area contributed by atoms with E-state index in [4.69, 9.17) is 9.47 Å². The van der Waals surface area contributed by atoms with Gasteiger partial charge in [0.05, 0.1) is 25.4 Å². The van der Waals surface area contributed by atoms with Gasteiger partial charge >= 0.3 is 0 Å². The highest BCUT2D eigenvalue weighted by molar-refractivity contribution is 5.76. The molecule has 77 heavy (non-hydrogen) atoms. The van der Waals surface area contributed by atoms with Crippen LogP contribution >= 0.6 is 0 Å². The summed E-state index contributed by atoms with van der Waals surface area (Å²) in [6, 6.07) is -0.827. The molecule has 0 bridgehead atoms. The largest absolute Gasteiger partial charge is 0.394 e. The first-order chi connectivity index (χ1) is 37.8. The molecule has 0 aliphatic carbocycles. The van der Waals surface area contributed by atoms with E-state index in [2.05, 4.69) is 104 Å². The molecule has 1 rings (SSSR count). The maximum atomic E-state index is 13.1. The number of unbranched alkanes of at least 4 members (excludes halogenated alkanes) is 30. The molecule has 1 aliphatic heterocycles. The van der Waals surface area contributed by atoms with E-state index >= 15 is 0 Å². The van der Waals surface area contributed by atoms with Crippen LogP contribution in [0.4, 0.5) is 0 Å². The molecular weight excluding hydrogens is 959 g/mol. The zero-order chi connectivity index (χ0) is 55.8. The second-order valence-corrected chi connectivity index (χ2v) is 21.8. The molecule has 1 aliphatic rings. The van der Waals surface area contributed by atoms with Crippen LogP contribution in [0.3, 0.4) is 0 Å². The van der Waals surface area contributed by atoms with E-state index < -0.39 is 49.5 Å². The van der Waals surface area contributed by atoms with Gasteiger partial charge in [0.2, 0.25) is 5.91 Å². The summed E-state index contributed by atoms with van der Waals surface area (Å²) in [5, 5.41) is 54.6. The summed E-state index contributed by atoms with van der Waals surface area (Å²) in [5.41, 5.74) is 0. The molecule has 7 unspecified atom stereocenters. The van der Waals surface area contributed by atoms with E-state index in [1.54, 1.807) is 6.08 Å². The molecule has 1 heterocycles. The lowest BCUT2D eigenvalue weighted by molar-refractivity contribution is -0.302. The summed E-state index contributed by atoms with van der Waals surface area (Å²) >= 11 is 0. The molecule has 0 saturated carbocycles. The number of ether oxygens (including phenoxy) is 2. The minimum absolute atomic E-state index is 0.187. The van der Waals surface area contributed by atoms with Crippen molar-refractivity contribution in [3.8, 4) is 0 Å². The Morgan fingerprint density at radius 1 is 0.455 bits per heavy atom. The van der Waals surface area contributed by atoms with Crippen LogP contribution in [0.25, 0.3) is 0 Å². The summed E-state index contributed by atoms with van der Waals surface area (Å²) in [6.45, 7) is 3.66. The lowest BCUT2D eigenvalue weighted by Gasteiger charge is -2.40. The molecule has 1 saturated heterocycles. The van der Waals surface area contributed by atoms with Gasteiger partial charge < -0.3 is 40.3 Å². The van der Waals surface area contributed by atoms with Crippen LogP contribution in [-0.2, 0) is 14.3 Å². The topological polar surface area (TPSA) is 149 Å². The molecule has 9 nitrogen and oxygen atoms in total. The Kier molecular flexibility index (Phi) is 52.8. The summed E-state index contributed by atoms with van der Waals surface area (Å²) in [7, 11) is 0. The minimum atomic E-state index is -1.58. The lowest BCUT2D eigenvalue weighted by atomic mass is 9.99. The van der Waals surface area contributed by atoms with Crippen LogP contribution in [0.1, 0.15) is 271 Å². The smallest absolute Gasteiger partial charge is 0.220 e. The van der Waals surface area contributed by atoms with Gasteiger partial charge in [-0.15, -0.1) is 0 Å². The molecule has 1 fully saturated rings. The highest BCUT2D eigenvalue weighted by Crippen LogP contribution is 2.23. The maximum Gasteiger partial charge on any atom is 0.220 e. The Morgan fingerprint density at radius 3 is 1.25 bits per heavy atom. The molecular formula is C68H119NO8. The van der Waals surface area contributed by atoms with Gasteiger partial charge in [0.1, 0.15) is 24.4 Å². The van der Waals surface area contributed by atoms with Crippen LogP contribution in [0, 0.1) is 0 Å². The number of carbonyl (C=O) groups is 1. The van der Waals surface area contributed by atoms with Crippen LogP contribution in [0.2, 0.25) is 0 Å². The van der Waals surface area contributed by atoms with E-state index in [9.17, 15) is 30.3 Å². The van der Waals surface area contributed by atoms with Gasteiger partial charge in [0, 0.05) is 6.42 Å². The number of allylic oxidation sites excluding steroid dienone is 15. The predicted molar refractivity (Wildman–Crippen MR) is 327 cm³/mol. The Hall–Kier alpha value is -2.89. The number of hydrogen-bond donors (Lipinski definition) is 6. The number of nitrogens with one attached hydrogen (secondary N) is 1. The third-order valence-corrected chi connectivity index (χ3v) is 14.6. The number of aliphatic hydroxyl groups is 5. The first kappa shape index (κ1) is 72.1. The van der Waals surface area contributed by atoms with Crippen molar-refractivity contribution in [1.82, 2.24) is 5.32 Å². The molecule has 444 valence electrons. The van der Waals surface area contributed by atoms with Crippen molar-refractivity contribution in [2.75, 3.05) is 13.2 Å². The maximum absolute atomic E-state index is 13.1. The second kappa shape index (κ2) is 56.4. The third kappa shape index (κ3) is 45.5. The summed E-state index contributed by atoms with van der Waals surface area (Å²) in [4.78, 5) is 13.1. The molecule has 0 aromatic heterocycles. The Bertz CT molecular complexity index is 1530. The SMILES string of the molecule is CC/C=C\C/C=C\C/C=C\C/C=C\C/C=C\C/C=C\CCCCCCCCCCCCCCCCCCC(=O)NC(COC1OC(CO)C(O)C(O)C1O)C(O)/C=C/CC/C=C/CCCCCCCCCCCCCCC. The molecule has 1 amide bonds. The van der Waals surface area contributed by atoms with Gasteiger partial charge in [-0.1, -0.05) is 278 Å². The average Bonchev–Trinajstić information content (AvgIpc) is 3.43. The molecule has 0 aromatic carbocycles. The van der Waals surface area contributed by atoms with Gasteiger partial charge in [-0.05, 0) is 83.5 Å². The van der Waals surface area contributed by atoms with Crippen LogP contribution in [0.5, 0.6) is 0 Å². The summed E-state index contributed by atoms with van der Waals surface area (Å²) in [6.07, 6.45) is 74.9. The zero-order valence-corrected chi connectivity index (χ0v) is 49.4. The van der Waals surface area contributed by atoms with Crippen molar-refractivity contribution in [3.05, 3.63) is 97.2 Å². The number of aliphatic hydroxyl groups excluding tert-OH is 5. The highest BCUT2D eigenvalue weighted by atomic mass is 16.7. The Labute approximate surface area is 473 Å². The molecule has 7 atom stereocenters. The van der Waals surface area contributed by atoms with Crippen molar-refractivity contribution >= 4 is 5.91 Å². The van der Waals surface area contributed by atoms with Gasteiger partial charge in [-0.2, -0.15) is 0 Å². The fourth-order valence-electron chi connectivity index (χ4n) is 9.65. The average molecular weight is 1080 g/mol. The lowest BCUT2D eigenvalue weighted by Crippen LogP contribution is -2.60. The Morgan fingerprint density at radius 2 is 0.818 bits per heavy atom. The van der Waals surface area contributed by atoms with Crippen molar-refractivity contribution in [1.29, 1.82) is 0 Å². The van der Waals surface area contributed by atoms with Crippen LogP contribution in [-0.4, -0.2) is 87.5 Å². The Balaban J connectivity index is 2.15. The van der Waals surface area contributed by atoms with Crippen LogP contribution in [0.15, 0.2) is 97.2 Å². The van der Waals surface area contributed by atoms with Crippen LogP contribution < -0.4 is 5.32 Å². The number of rotatable bonds is 54. The van der Waals surface area contributed by atoms with Gasteiger partial charge in [-0.25, -0.2) is 0 Å².